The van der Waals surface area contributed by atoms with Gasteiger partial charge >= 0.3 is 0 Å². The summed E-state index contributed by atoms with van der Waals surface area (Å²) in [4.78, 5) is 28.1. The Morgan fingerprint density at radius 3 is 2.17 bits per heavy atom. The van der Waals surface area contributed by atoms with Gasteiger partial charge in [-0.1, -0.05) is 42.8 Å². The van der Waals surface area contributed by atoms with Crippen molar-refractivity contribution in [3.05, 3.63) is 89.7 Å². The van der Waals surface area contributed by atoms with Crippen LogP contribution in [0.2, 0.25) is 0 Å². The quantitative estimate of drug-likeness (QED) is 0.342. The summed E-state index contributed by atoms with van der Waals surface area (Å²) in [5.41, 5.74) is 1.39. The van der Waals surface area contributed by atoms with Crippen LogP contribution in [-0.2, 0) is 26.2 Å². The smallest absolute Gasteiger partial charge is 0.264 e. The predicted molar refractivity (Wildman–Crippen MR) is 153 cm³/mol. The molecule has 0 aliphatic heterocycles. The van der Waals surface area contributed by atoms with Crippen molar-refractivity contribution < 1.29 is 27.1 Å². The van der Waals surface area contributed by atoms with Gasteiger partial charge in [0.25, 0.3) is 10.0 Å². The molecule has 3 aromatic rings. The van der Waals surface area contributed by atoms with Crippen LogP contribution in [0.25, 0.3) is 0 Å². The van der Waals surface area contributed by atoms with Gasteiger partial charge in [-0.3, -0.25) is 13.9 Å². The molecule has 0 fully saturated rings. The van der Waals surface area contributed by atoms with Crippen LogP contribution in [-0.4, -0.2) is 50.9 Å². The van der Waals surface area contributed by atoms with Crippen LogP contribution in [0.15, 0.2) is 77.7 Å². The van der Waals surface area contributed by atoms with Gasteiger partial charge in [-0.2, -0.15) is 0 Å². The molecule has 0 aliphatic carbocycles. The number of methoxy groups -OCH3 is 1. The first-order valence-corrected chi connectivity index (χ1v) is 14.5. The van der Waals surface area contributed by atoms with Gasteiger partial charge in [-0.15, -0.1) is 0 Å². The van der Waals surface area contributed by atoms with Crippen LogP contribution in [0.3, 0.4) is 0 Å². The van der Waals surface area contributed by atoms with E-state index in [1.807, 2.05) is 20.8 Å². The molecule has 0 unspecified atom stereocenters. The van der Waals surface area contributed by atoms with Gasteiger partial charge in [-0.25, -0.2) is 12.8 Å². The molecular formula is C30H36FN3O5S. The van der Waals surface area contributed by atoms with Crippen LogP contribution in [0.4, 0.5) is 10.1 Å². The maximum atomic E-state index is 14.6. The molecule has 0 bridgehead atoms. The normalized spacial score (nSPS) is 12.8. The van der Waals surface area contributed by atoms with Gasteiger partial charge in [0.15, 0.2) is 0 Å². The highest BCUT2D eigenvalue weighted by atomic mass is 32.2. The van der Waals surface area contributed by atoms with Crippen molar-refractivity contribution in [2.75, 3.05) is 18.0 Å². The Bertz CT molecular complexity index is 1410. The molecule has 2 amide bonds. The fourth-order valence-electron chi connectivity index (χ4n) is 3.97. The molecule has 10 heteroatoms. The van der Waals surface area contributed by atoms with E-state index >= 15 is 0 Å². The average Bonchev–Trinajstić information content (AvgIpc) is 2.95. The van der Waals surface area contributed by atoms with Gasteiger partial charge in [0, 0.05) is 18.2 Å². The molecule has 40 heavy (non-hydrogen) atoms. The molecule has 0 radical (unpaired) electrons. The average molecular weight is 570 g/mol. The highest BCUT2D eigenvalue weighted by Crippen LogP contribution is 2.26. The first-order valence-electron chi connectivity index (χ1n) is 13.0. The van der Waals surface area contributed by atoms with E-state index in [1.54, 1.807) is 37.3 Å². The number of hydrogen-bond acceptors (Lipinski definition) is 5. The Labute approximate surface area is 235 Å². The molecular weight excluding hydrogens is 533 g/mol. The van der Waals surface area contributed by atoms with Crippen molar-refractivity contribution >= 4 is 27.5 Å². The maximum Gasteiger partial charge on any atom is 0.264 e. The van der Waals surface area contributed by atoms with Crippen LogP contribution in [0.5, 0.6) is 5.75 Å². The standard InChI is InChI=1S/C30H36FN3O5S/c1-6-22(3)32-30(36)23(4)33(19-24-9-7-8-10-28(24)31)29(35)20-34(25-13-11-21(2)12-14-25)40(37,38)27-17-15-26(39-5)16-18-27/h7-18,22-23H,6,19-20H2,1-5H3,(H,32,36)/t22-,23+/m0/s1. The molecule has 8 nitrogen and oxygen atoms in total. The molecule has 0 aromatic heterocycles. The number of rotatable bonds is 12. The van der Waals surface area contributed by atoms with Gasteiger partial charge in [0.1, 0.15) is 24.2 Å². The third-order valence-corrected chi connectivity index (χ3v) is 8.50. The van der Waals surface area contributed by atoms with Crippen molar-refractivity contribution in [1.29, 1.82) is 0 Å². The number of halogens is 1. The summed E-state index contributed by atoms with van der Waals surface area (Å²) >= 11 is 0. The molecule has 2 atom stereocenters. The van der Waals surface area contributed by atoms with E-state index < -0.39 is 40.2 Å². The van der Waals surface area contributed by atoms with Crippen molar-refractivity contribution in [1.82, 2.24) is 10.2 Å². The Hall–Kier alpha value is -3.92. The zero-order valence-electron chi connectivity index (χ0n) is 23.4. The Kier molecular flexibility index (Phi) is 10.3. The minimum atomic E-state index is -4.21. The van der Waals surface area contributed by atoms with E-state index in [-0.39, 0.29) is 28.7 Å². The number of amides is 2. The highest BCUT2D eigenvalue weighted by molar-refractivity contribution is 7.92. The zero-order chi connectivity index (χ0) is 29.4. The summed E-state index contributed by atoms with van der Waals surface area (Å²) < 4.78 is 48.5. The Morgan fingerprint density at radius 2 is 1.60 bits per heavy atom. The maximum absolute atomic E-state index is 14.6. The third kappa shape index (κ3) is 7.38. The molecule has 0 aliphatic rings. The van der Waals surface area contributed by atoms with E-state index in [2.05, 4.69) is 5.32 Å². The number of carbonyl (C=O) groups is 2. The lowest BCUT2D eigenvalue weighted by Crippen LogP contribution is -2.52. The SMILES string of the molecule is CC[C@H](C)NC(=O)[C@@H](C)N(Cc1ccccc1F)C(=O)CN(c1ccc(C)cc1)S(=O)(=O)c1ccc(OC)cc1. The lowest BCUT2D eigenvalue weighted by atomic mass is 10.1. The van der Waals surface area contributed by atoms with Crippen molar-refractivity contribution in [2.45, 2.75) is 57.6 Å². The lowest BCUT2D eigenvalue weighted by Gasteiger charge is -2.32. The molecule has 0 saturated heterocycles. The molecule has 0 saturated carbocycles. The van der Waals surface area contributed by atoms with Crippen LogP contribution in [0, 0.1) is 12.7 Å². The number of aryl methyl sites for hydroxylation is 1. The molecule has 1 N–H and O–H groups in total. The third-order valence-electron chi connectivity index (χ3n) is 6.72. The minimum Gasteiger partial charge on any atom is -0.497 e. The van der Waals surface area contributed by atoms with E-state index in [4.69, 9.17) is 4.74 Å². The first-order chi connectivity index (χ1) is 19.0. The van der Waals surface area contributed by atoms with Crippen molar-refractivity contribution in [2.24, 2.45) is 0 Å². The zero-order valence-corrected chi connectivity index (χ0v) is 24.2. The lowest BCUT2D eigenvalue weighted by molar-refractivity contribution is -0.139. The second-order valence-electron chi connectivity index (χ2n) is 9.63. The minimum absolute atomic E-state index is 0.0371. The first kappa shape index (κ1) is 30.6. The molecule has 0 spiro atoms. The molecule has 214 valence electrons. The number of anilines is 1. The van der Waals surface area contributed by atoms with E-state index in [9.17, 15) is 22.4 Å². The number of sulfonamides is 1. The fraction of sp³-hybridized carbons (Fsp3) is 0.333. The monoisotopic (exact) mass is 569 g/mol. The van der Waals surface area contributed by atoms with Crippen LogP contribution >= 0.6 is 0 Å². The van der Waals surface area contributed by atoms with Crippen LogP contribution < -0.4 is 14.4 Å². The number of benzene rings is 3. The van der Waals surface area contributed by atoms with E-state index in [0.29, 0.717) is 12.2 Å². The number of nitrogens with zero attached hydrogens (tertiary/aromatic N) is 2. The second-order valence-corrected chi connectivity index (χ2v) is 11.5. The summed E-state index contributed by atoms with van der Waals surface area (Å²) in [6.45, 7) is 6.35. The van der Waals surface area contributed by atoms with E-state index in [1.165, 1.54) is 54.5 Å². The fourth-order valence-corrected chi connectivity index (χ4v) is 5.39. The topological polar surface area (TPSA) is 96.0 Å². The highest BCUT2D eigenvalue weighted by Gasteiger charge is 2.33. The Balaban J connectivity index is 2.03. The Morgan fingerprint density at radius 1 is 0.975 bits per heavy atom. The van der Waals surface area contributed by atoms with E-state index in [0.717, 1.165) is 9.87 Å². The number of carbonyl (C=O) groups excluding carboxylic acids is 2. The summed E-state index contributed by atoms with van der Waals surface area (Å²) in [6, 6.07) is 17.4. The molecule has 3 rings (SSSR count). The van der Waals surface area contributed by atoms with Crippen LogP contribution in [0.1, 0.15) is 38.3 Å². The second kappa shape index (κ2) is 13.4. The number of hydrogen-bond donors (Lipinski definition) is 1. The van der Waals surface area contributed by atoms with Gasteiger partial charge < -0.3 is 15.0 Å². The summed E-state index contributed by atoms with van der Waals surface area (Å²) in [5, 5.41) is 2.85. The van der Waals surface area contributed by atoms with Crippen molar-refractivity contribution in [3.63, 3.8) is 0 Å². The largest absolute Gasteiger partial charge is 0.497 e. The number of ether oxygens (including phenoxy) is 1. The summed E-state index contributed by atoms with van der Waals surface area (Å²) in [6.07, 6.45) is 0.682. The summed E-state index contributed by atoms with van der Waals surface area (Å²) in [7, 11) is -2.74. The predicted octanol–water partition coefficient (Wildman–Crippen LogP) is 4.67. The molecule has 0 heterocycles. The van der Waals surface area contributed by atoms with Gasteiger partial charge in [-0.05, 0) is 69.7 Å². The van der Waals surface area contributed by atoms with Crippen molar-refractivity contribution in [3.8, 4) is 5.75 Å². The molecule has 3 aromatic carbocycles. The van der Waals surface area contributed by atoms with Gasteiger partial charge in [0.2, 0.25) is 11.8 Å². The number of nitrogens with one attached hydrogen (secondary N) is 1. The summed E-state index contributed by atoms with van der Waals surface area (Å²) in [5.74, 6) is -1.13. The van der Waals surface area contributed by atoms with Gasteiger partial charge in [0.05, 0.1) is 17.7 Å².